The summed E-state index contributed by atoms with van der Waals surface area (Å²) < 4.78 is 0. The van der Waals surface area contributed by atoms with Crippen LogP contribution in [0.2, 0.25) is 0 Å². The third-order valence-electron chi connectivity index (χ3n) is 5.20. The molecule has 0 radical (unpaired) electrons. The average molecular weight is 346 g/mol. The average Bonchev–Trinajstić information content (AvgIpc) is 2.67. The van der Waals surface area contributed by atoms with E-state index in [0.717, 1.165) is 43.4 Å². The van der Waals surface area contributed by atoms with Gasteiger partial charge in [0.2, 0.25) is 5.95 Å². The third kappa shape index (κ3) is 3.42. The van der Waals surface area contributed by atoms with Crippen LogP contribution in [-0.4, -0.2) is 46.6 Å². The lowest BCUT2D eigenvalue weighted by molar-refractivity contribution is 0.128. The molecule has 4 nitrogen and oxygen atoms in total. The van der Waals surface area contributed by atoms with Crippen LogP contribution in [0.15, 0.2) is 54.7 Å². The molecular weight excluding hydrogens is 320 g/mol. The number of hydrogen-bond acceptors (Lipinski definition) is 4. The Balaban J connectivity index is 1.57. The van der Waals surface area contributed by atoms with Gasteiger partial charge in [-0.25, -0.2) is 9.97 Å². The summed E-state index contributed by atoms with van der Waals surface area (Å²) in [5.41, 5.74) is 2.35. The first-order valence-corrected chi connectivity index (χ1v) is 9.33. The molecule has 0 amide bonds. The number of nitrogens with zero attached hydrogens (tertiary/aromatic N) is 4. The van der Waals surface area contributed by atoms with Gasteiger partial charge >= 0.3 is 0 Å². The molecule has 0 aliphatic carbocycles. The van der Waals surface area contributed by atoms with Crippen molar-refractivity contribution in [2.24, 2.45) is 0 Å². The number of fused-ring (bicyclic) bond motifs is 1. The summed E-state index contributed by atoms with van der Waals surface area (Å²) in [5, 5.41) is 2.49. The van der Waals surface area contributed by atoms with Crippen molar-refractivity contribution in [2.45, 2.75) is 26.3 Å². The minimum absolute atomic E-state index is 0.222. The number of rotatable bonds is 2. The van der Waals surface area contributed by atoms with Crippen LogP contribution in [0.1, 0.15) is 20.8 Å². The van der Waals surface area contributed by atoms with Gasteiger partial charge in [0.15, 0.2) is 0 Å². The number of aromatic nitrogens is 2. The van der Waals surface area contributed by atoms with E-state index in [9.17, 15) is 0 Å². The quantitative estimate of drug-likeness (QED) is 0.695. The van der Waals surface area contributed by atoms with Gasteiger partial charge in [-0.1, -0.05) is 36.4 Å². The maximum atomic E-state index is 4.86. The van der Waals surface area contributed by atoms with E-state index in [1.54, 1.807) is 0 Å². The summed E-state index contributed by atoms with van der Waals surface area (Å²) in [4.78, 5) is 14.2. The van der Waals surface area contributed by atoms with Gasteiger partial charge in [-0.05, 0) is 43.7 Å². The van der Waals surface area contributed by atoms with Crippen LogP contribution in [0.3, 0.4) is 0 Å². The van der Waals surface area contributed by atoms with Gasteiger partial charge in [-0.3, -0.25) is 4.90 Å². The van der Waals surface area contributed by atoms with Crippen LogP contribution >= 0.6 is 0 Å². The summed E-state index contributed by atoms with van der Waals surface area (Å²) in [6.07, 6.45) is 1.88. The Kier molecular flexibility index (Phi) is 4.37. The van der Waals surface area contributed by atoms with Crippen LogP contribution in [0.5, 0.6) is 0 Å². The maximum absolute atomic E-state index is 4.86. The predicted octanol–water partition coefficient (Wildman–Crippen LogP) is 4.22. The molecule has 1 aliphatic heterocycles. The molecule has 1 fully saturated rings. The SMILES string of the molecule is CC(C)(C)N1CCN(c2nccc(-c3ccc4ccccc4c3)n2)CC1. The number of piperazine rings is 1. The van der Waals surface area contributed by atoms with E-state index in [-0.39, 0.29) is 5.54 Å². The Morgan fingerprint density at radius 1 is 0.846 bits per heavy atom. The minimum Gasteiger partial charge on any atom is -0.338 e. The highest BCUT2D eigenvalue weighted by Crippen LogP contribution is 2.25. The standard InChI is InChI=1S/C22H26N4/c1-22(2,3)26-14-12-25(13-15-26)21-23-11-10-20(24-21)19-9-8-17-6-4-5-7-18(17)16-19/h4-11,16H,12-15H2,1-3H3. The molecule has 2 aromatic carbocycles. The molecule has 0 N–H and O–H groups in total. The molecule has 1 saturated heterocycles. The molecule has 0 saturated carbocycles. The Hall–Kier alpha value is -2.46. The zero-order valence-corrected chi connectivity index (χ0v) is 15.8. The molecule has 1 aliphatic rings. The van der Waals surface area contributed by atoms with E-state index in [1.807, 2.05) is 12.3 Å². The fourth-order valence-electron chi connectivity index (χ4n) is 3.59. The van der Waals surface area contributed by atoms with E-state index < -0.39 is 0 Å². The van der Waals surface area contributed by atoms with E-state index in [2.05, 4.69) is 78.0 Å². The first-order chi connectivity index (χ1) is 12.5. The van der Waals surface area contributed by atoms with Crippen LogP contribution in [0, 0.1) is 0 Å². The van der Waals surface area contributed by atoms with Crippen LogP contribution in [0.25, 0.3) is 22.0 Å². The highest BCUT2D eigenvalue weighted by atomic mass is 15.3. The molecule has 26 heavy (non-hydrogen) atoms. The van der Waals surface area contributed by atoms with Crippen molar-refractivity contribution < 1.29 is 0 Å². The molecule has 0 unspecified atom stereocenters. The van der Waals surface area contributed by atoms with Crippen LogP contribution < -0.4 is 4.90 Å². The lowest BCUT2D eigenvalue weighted by Crippen LogP contribution is -2.53. The smallest absolute Gasteiger partial charge is 0.225 e. The molecule has 1 aromatic heterocycles. The highest BCUT2D eigenvalue weighted by molar-refractivity contribution is 5.86. The maximum Gasteiger partial charge on any atom is 0.225 e. The number of anilines is 1. The summed E-state index contributed by atoms with van der Waals surface area (Å²) >= 11 is 0. The van der Waals surface area contributed by atoms with E-state index in [4.69, 9.17) is 4.98 Å². The molecule has 0 atom stereocenters. The molecular formula is C22H26N4. The lowest BCUT2D eigenvalue weighted by Gasteiger charge is -2.42. The Morgan fingerprint density at radius 2 is 1.58 bits per heavy atom. The van der Waals surface area contributed by atoms with Crippen LogP contribution in [-0.2, 0) is 0 Å². The van der Waals surface area contributed by atoms with Crippen molar-refractivity contribution >= 4 is 16.7 Å². The second-order valence-electron chi connectivity index (χ2n) is 7.95. The first kappa shape index (κ1) is 17.0. The largest absolute Gasteiger partial charge is 0.338 e. The van der Waals surface area contributed by atoms with Gasteiger partial charge in [0.25, 0.3) is 0 Å². The predicted molar refractivity (Wildman–Crippen MR) is 109 cm³/mol. The monoisotopic (exact) mass is 346 g/mol. The van der Waals surface area contributed by atoms with E-state index >= 15 is 0 Å². The molecule has 0 spiro atoms. The van der Waals surface area contributed by atoms with E-state index in [1.165, 1.54) is 10.8 Å². The second kappa shape index (κ2) is 6.69. The topological polar surface area (TPSA) is 32.3 Å². The summed E-state index contributed by atoms with van der Waals surface area (Å²) in [7, 11) is 0. The van der Waals surface area contributed by atoms with E-state index in [0.29, 0.717) is 0 Å². The molecule has 0 bridgehead atoms. The summed E-state index contributed by atoms with van der Waals surface area (Å²) in [6, 6.07) is 16.9. The van der Waals surface area contributed by atoms with Crippen molar-refractivity contribution in [3.8, 4) is 11.3 Å². The van der Waals surface area contributed by atoms with Crippen molar-refractivity contribution in [3.63, 3.8) is 0 Å². The fraction of sp³-hybridized carbons (Fsp3) is 0.364. The van der Waals surface area contributed by atoms with Gasteiger partial charge < -0.3 is 4.90 Å². The molecule has 4 heteroatoms. The normalized spacial score (nSPS) is 16.2. The van der Waals surface area contributed by atoms with Gasteiger partial charge in [0.05, 0.1) is 5.69 Å². The van der Waals surface area contributed by atoms with Crippen molar-refractivity contribution in [1.82, 2.24) is 14.9 Å². The molecule has 4 rings (SSSR count). The minimum atomic E-state index is 0.222. The zero-order valence-electron chi connectivity index (χ0n) is 15.8. The molecule has 134 valence electrons. The fourth-order valence-corrected chi connectivity index (χ4v) is 3.59. The Morgan fingerprint density at radius 3 is 2.31 bits per heavy atom. The summed E-state index contributed by atoms with van der Waals surface area (Å²) in [6.45, 7) is 10.9. The lowest BCUT2D eigenvalue weighted by atomic mass is 10.0. The molecule has 2 heterocycles. The number of benzene rings is 2. The van der Waals surface area contributed by atoms with Gasteiger partial charge in [0, 0.05) is 43.5 Å². The Labute approximate surface area is 155 Å². The van der Waals surface area contributed by atoms with Crippen molar-refractivity contribution in [3.05, 3.63) is 54.7 Å². The zero-order chi connectivity index (χ0) is 18.1. The van der Waals surface area contributed by atoms with Gasteiger partial charge in [-0.15, -0.1) is 0 Å². The third-order valence-corrected chi connectivity index (χ3v) is 5.20. The molecule has 3 aromatic rings. The summed E-state index contributed by atoms with van der Waals surface area (Å²) in [5.74, 6) is 0.837. The second-order valence-corrected chi connectivity index (χ2v) is 7.95. The first-order valence-electron chi connectivity index (χ1n) is 9.33. The van der Waals surface area contributed by atoms with Gasteiger partial charge in [0.1, 0.15) is 0 Å². The van der Waals surface area contributed by atoms with Crippen molar-refractivity contribution in [2.75, 3.05) is 31.1 Å². The van der Waals surface area contributed by atoms with Gasteiger partial charge in [-0.2, -0.15) is 0 Å². The Bertz CT molecular complexity index is 905. The van der Waals surface area contributed by atoms with Crippen molar-refractivity contribution in [1.29, 1.82) is 0 Å². The number of hydrogen-bond donors (Lipinski definition) is 0. The van der Waals surface area contributed by atoms with Crippen LogP contribution in [0.4, 0.5) is 5.95 Å². The highest BCUT2D eigenvalue weighted by Gasteiger charge is 2.26.